The van der Waals surface area contributed by atoms with Gasteiger partial charge in [0, 0.05) is 4.47 Å². The Kier molecular flexibility index (Phi) is 4.02. The molecule has 2 aromatic rings. The summed E-state index contributed by atoms with van der Waals surface area (Å²) >= 11 is 3.24. The standard InChI is InChI=1S/C15H14BrF2N/c1-8-3-10(4-9(2)14(8)18)15(19)11-5-12(16)7-13(17)6-11/h3-7,15H,19H2,1-2H3. The monoisotopic (exact) mass is 325 g/mol. The molecule has 0 aromatic heterocycles. The van der Waals surface area contributed by atoms with Crippen molar-refractivity contribution in [2.75, 3.05) is 0 Å². The maximum atomic E-state index is 13.6. The second kappa shape index (κ2) is 5.39. The molecule has 0 saturated heterocycles. The van der Waals surface area contributed by atoms with E-state index in [9.17, 15) is 8.78 Å². The summed E-state index contributed by atoms with van der Waals surface area (Å²) in [5, 5.41) is 0. The topological polar surface area (TPSA) is 26.0 Å². The van der Waals surface area contributed by atoms with Crippen LogP contribution >= 0.6 is 15.9 Å². The SMILES string of the molecule is Cc1cc(C(N)c2cc(F)cc(Br)c2)cc(C)c1F. The highest BCUT2D eigenvalue weighted by molar-refractivity contribution is 9.10. The second-order valence-corrected chi connectivity index (χ2v) is 5.56. The van der Waals surface area contributed by atoms with Crippen LogP contribution in [0.15, 0.2) is 34.8 Å². The molecule has 1 atom stereocenters. The van der Waals surface area contributed by atoms with Crippen molar-refractivity contribution in [1.29, 1.82) is 0 Å². The first-order valence-corrected chi connectivity index (χ1v) is 6.66. The van der Waals surface area contributed by atoms with Crippen LogP contribution in [0.25, 0.3) is 0 Å². The average molecular weight is 326 g/mol. The van der Waals surface area contributed by atoms with Gasteiger partial charge in [0.1, 0.15) is 11.6 Å². The zero-order valence-electron chi connectivity index (χ0n) is 10.7. The molecule has 0 fully saturated rings. The maximum Gasteiger partial charge on any atom is 0.129 e. The highest BCUT2D eigenvalue weighted by Gasteiger charge is 2.14. The minimum absolute atomic E-state index is 0.226. The number of benzene rings is 2. The number of nitrogens with two attached hydrogens (primary N) is 1. The minimum Gasteiger partial charge on any atom is -0.320 e. The zero-order valence-corrected chi connectivity index (χ0v) is 12.3. The Hall–Kier alpha value is -1.26. The molecule has 2 aromatic carbocycles. The molecule has 19 heavy (non-hydrogen) atoms. The summed E-state index contributed by atoms with van der Waals surface area (Å²) in [7, 11) is 0. The summed E-state index contributed by atoms with van der Waals surface area (Å²) in [5.74, 6) is -0.577. The van der Waals surface area contributed by atoms with E-state index in [1.165, 1.54) is 12.1 Å². The molecule has 0 amide bonds. The van der Waals surface area contributed by atoms with Gasteiger partial charge in [-0.1, -0.05) is 28.1 Å². The third kappa shape index (κ3) is 3.01. The smallest absolute Gasteiger partial charge is 0.129 e. The average Bonchev–Trinajstić information content (AvgIpc) is 2.33. The first-order chi connectivity index (χ1) is 8.88. The van der Waals surface area contributed by atoms with Crippen LogP contribution in [0.4, 0.5) is 8.78 Å². The van der Waals surface area contributed by atoms with Gasteiger partial charge in [-0.05, 0) is 54.3 Å². The van der Waals surface area contributed by atoms with Crippen molar-refractivity contribution in [2.45, 2.75) is 19.9 Å². The van der Waals surface area contributed by atoms with Crippen LogP contribution in [0.5, 0.6) is 0 Å². The molecule has 0 spiro atoms. The van der Waals surface area contributed by atoms with Crippen LogP contribution in [0.2, 0.25) is 0 Å². The predicted octanol–water partition coefficient (Wildman–Crippen LogP) is 4.39. The lowest BCUT2D eigenvalue weighted by molar-refractivity contribution is 0.606. The van der Waals surface area contributed by atoms with Crippen LogP contribution in [0.1, 0.15) is 28.3 Å². The molecule has 2 rings (SSSR count). The van der Waals surface area contributed by atoms with Crippen molar-refractivity contribution in [3.63, 3.8) is 0 Å². The van der Waals surface area contributed by atoms with Gasteiger partial charge in [-0.15, -0.1) is 0 Å². The number of halogens is 3. The molecule has 0 aliphatic heterocycles. The third-order valence-electron chi connectivity index (χ3n) is 3.06. The third-order valence-corrected chi connectivity index (χ3v) is 3.52. The quantitative estimate of drug-likeness (QED) is 0.870. The summed E-state index contributed by atoms with van der Waals surface area (Å²) in [6.45, 7) is 3.39. The van der Waals surface area contributed by atoms with Crippen molar-refractivity contribution in [3.05, 3.63) is 68.7 Å². The number of hydrogen-bond donors (Lipinski definition) is 1. The van der Waals surface area contributed by atoms with E-state index in [0.717, 1.165) is 5.56 Å². The van der Waals surface area contributed by atoms with E-state index in [-0.39, 0.29) is 11.6 Å². The van der Waals surface area contributed by atoms with E-state index in [1.54, 1.807) is 32.0 Å². The maximum absolute atomic E-state index is 13.6. The Bertz CT molecular complexity index is 582. The van der Waals surface area contributed by atoms with Gasteiger partial charge < -0.3 is 5.73 Å². The van der Waals surface area contributed by atoms with E-state index in [0.29, 0.717) is 21.2 Å². The Morgan fingerprint density at radius 2 is 1.47 bits per heavy atom. The van der Waals surface area contributed by atoms with E-state index in [4.69, 9.17) is 5.73 Å². The molecule has 2 N–H and O–H groups in total. The van der Waals surface area contributed by atoms with Crippen molar-refractivity contribution in [2.24, 2.45) is 5.73 Å². The molecule has 1 unspecified atom stereocenters. The lowest BCUT2D eigenvalue weighted by atomic mass is 9.96. The van der Waals surface area contributed by atoms with Gasteiger partial charge in [-0.25, -0.2) is 8.78 Å². The van der Waals surface area contributed by atoms with Crippen LogP contribution < -0.4 is 5.73 Å². The van der Waals surface area contributed by atoms with E-state index in [1.807, 2.05) is 0 Å². The molecular weight excluding hydrogens is 312 g/mol. The van der Waals surface area contributed by atoms with Gasteiger partial charge in [0.2, 0.25) is 0 Å². The summed E-state index contributed by atoms with van der Waals surface area (Å²) in [6, 6.07) is 7.45. The Morgan fingerprint density at radius 1 is 0.947 bits per heavy atom. The highest BCUT2D eigenvalue weighted by atomic mass is 79.9. The first-order valence-electron chi connectivity index (χ1n) is 5.86. The molecule has 1 nitrogen and oxygen atoms in total. The normalized spacial score (nSPS) is 12.5. The van der Waals surface area contributed by atoms with Crippen LogP contribution in [0, 0.1) is 25.5 Å². The van der Waals surface area contributed by atoms with Crippen molar-refractivity contribution >= 4 is 15.9 Å². The van der Waals surface area contributed by atoms with E-state index < -0.39 is 6.04 Å². The molecule has 0 bridgehead atoms. The molecule has 0 saturated carbocycles. The Balaban J connectivity index is 2.46. The lowest BCUT2D eigenvalue weighted by Gasteiger charge is -2.15. The predicted molar refractivity (Wildman–Crippen MR) is 76.0 cm³/mol. The van der Waals surface area contributed by atoms with Gasteiger partial charge in [0.25, 0.3) is 0 Å². The van der Waals surface area contributed by atoms with Gasteiger partial charge >= 0.3 is 0 Å². The number of rotatable bonds is 2. The van der Waals surface area contributed by atoms with Crippen molar-refractivity contribution < 1.29 is 8.78 Å². The molecule has 0 aliphatic rings. The molecule has 0 heterocycles. The van der Waals surface area contributed by atoms with Crippen LogP contribution in [-0.4, -0.2) is 0 Å². The minimum atomic E-state index is -0.481. The lowest BCUT2D eigenvalue weighted by Crippen LogP contribution is -2.13. The van der Waals surface area contributed by atoms with Gasteiger partial charge in [-0.3, -0.25) is 0 Å². The summed E-state index contributed by atoms with van der Waals surface area (Å²) in [4.78, 5) is 0. The van der Waals surface area contributed by atoms with Gasteiger partial charge in [-0.2, -0.15) is 0 Å². The van der Waals surface area contributed by atoms with E-state index in [2.05, 4.69) is 15.9 Å². The largest absolute Gasteiger partial charge is 0.320 e. The summed E-state index contributed by atoms with van der Waals surface area (Å²) < 4.78 is 27.6. The summed E-state index contributed by atoms with van der Waals surface area (Å²) in [5.41, 5.74) is 8.64. The molecule has 4 heteroatoms. The van der Waals surface area contributed by atoms with Gasteiger partial charge in [0.05, 0.1) is 6.04 Å². The number of hydrogen-bond acceptors (Lipinski definition) is 1. The summed E-state index contributed by atoms with van der Waals surface area (Å²) in [6.07, 6.45) is 0. The van der Waals surface area contributed by atoms with E-state index >= 15 is 0 Å². The zero-order chi connectivity index (χ0) is 14.2. The fraction of sp³-hybridized carbons (Fsp3) is 0.200. The van der Waals surface area contributed by atoms with Crippen LogP contribution in [0.3, 0.4) is 0 Å². The van der Waals surface area contributed by atoms with Crippen molar-refractivity contribution in [3.8, 4) is 0 Å². The molecule has 0 aliphatic carbocycles. The molecular formula is C15H14BrF2N. The Labute approximate surface area is 119 Å². The molecule has 0 radical (unpaired) electrons. The van der Waals surface area contributed by atoms with Crippen molar-refractivity contribution in [1.82, 2.24) is 0 Å². The number of aryl methyl sites for hydroxylation is 2. The first kappa shape index (κ1) is 14.2. The molecule has 100 valence electrons. The van der Waals surface area contributed by atoms with Crippen LogP contribution in [-0.2, 0) is 0 Å². The fourth-order valence-corrected chi connectivity index (χ4v) is 2.59. The second-order valence-electron chi connectivity index (χ2n) is 4.65. The fourth-order valence-electron chi connectivity index (χ4n) is 2.11. The Morgan fingerprint density at radius 3 is 2.00 bits per heavy atom. The highest BCUT2D eigenvalue weighted by Crippen LogP contribution is 2.26. The van der Waals surface area contributed by atoms with Gasteiger partial charge in [0.15, 0.2) is 0 Å².